The number of nitrogens with two attached hydrogens (primary N) is 1. The lowest BCUT2D eigenvalue weighted by molar-refractivity contribution is 0.0784. The molecular formula is C16H17BrN2O2. The molecule has 3 N–H and O–H groups in total. The van der Waals surface area contributed by atoms with Crippen LogP contribution in [-0.2, 0) is 6.54 Å². The van der Waals surface area contributed by atoms with Gasteiger partial charge in [0.05, 0.1) is 0 Å². The lowest BCUT2D eigenvalue weighted by atomic mass is 10.1. The van der Waals surface area contributed by atoms with E-state index < -0.39 is 0 Å². The molecule has 2 aromatic rings. The number of hydrogen-bond acceptors (Lipinski definition) is 3. The van der Waals surface area contributed by atoms with Crippen LogP contribution < -0.4 is 5.73 Å². The molecule has 0 heterocycles. The molecule has 5 heteroatoms. The van der Waals surface area contributed by atoms with Gasteiger partial charge >= 0.3 is 0 Å². The minimum atomic E-state index is -0.0893. The summed E-state index contributed by atoms with van der Waals surface area (Å²) in [5.41, 5.74) is 8.80. The number of phenols is 1. The molecule has 0 aromatic heterocycles. The van der Waals surface area contributed by atoms with Gasteiger partial charge in [-0.1, -0.05) is 28.1 Å². The third-order valence-electron chi connectivity index (χ3n) is 3.35. The predicted molar refractivity (Wildman–Crippen MR) is 87.2 cm³/mol. The van der Waals surface area contributed by atoms with Gasteiger partial charge in [0.25, 0.3) is 5.91 Å². The summed E-state index contributed by atoms with van der Waals surface area (Å²) in [7, 11) is 1.74. The highest BCUT2D eigenvalue weighted by Crippen LogP contribution is 2.24. The number of rotatable bonds is 3. The average Bonchev–Trinajstić information content (AvgIpc) is 2.44. The van der Waals surface area contributed by atoms with Gasteiger partial charge in [0.1, 0.15) is 5.75 Å². The van der Waals surface area contributed by atoms with E-state index in [2.05, 4.69) is 15.9 Å². The molecule has 2 rings (SSSR count). The normalized spacial score (nSPS) is 10.4. The van der Waals surface area contributed by atoms with E-state index in [1.807, 2.05) is 6.92 Å². The Morgan fingerprint density at radius 3 is 2.52 bits per heavy atom. The molecule has 0 radical (unpaired) electrons. The van der Waals surface area contributed by atoms with Crippen LogP contribution >= 0.6 is 15.9 Å². The zero-order chi connectivity index (χ0) is 15.6. The number of amides is 1. The summed E-state index contributed by atoms with van der Waals surface area (Å²) in [4.78, 5) is 14.2. The largest absolute Gasteiger partial charge is 0.508 e. The smallest absolute Gasteiger partial charge is 0.254 e. The van der Waals surface area contributed by atoms with Crippen molar-refractivity contribution in [3.63, 3.8) is 0 Å². The fourth-order valence-corrected chi connectivity index (χ4v) is 2.55. The minimum Gasteiger partial charge on any atom is -0.508 e. The van der Waals surface area contributed by atoms with Crippen LogP contribution in [0.2, 0.25) is 0 Å². The van der Waals surface area contributed by atoms with Gasteiger partial charge in [0.15, 0.2) is 0 Å². The molecule has 0 saturated carbocycles. The second-order valence-corrected chi connectivity index (χ2v) is 5.91. The van der Waals surface area contributed by atoms with E-state index in [1.54, 1.807) is 48.3 Å². The molecule has 0 aliphatic rings. The number of carbonyl (C=O) groups excluding carboxylic acids is 1. The van der Waals surface area contributed by atoms with Crippen molar-refractivity contribution in [2.45, 2.75) is 13.5 Å². The zero-order valence-electron chi connectivity index (χ0n) is 11.9. The van der Waals surface area contributed by atoms with Crippen molar-refractivity contribution in [2.75, 3.05) is 12.8 Å². The topological polar surface area (TPSA) is 66.6 Å². The highest BCUT2D eigenvalue weighted by molar-refractivity contribution is 9.10. The van der Waals surface area contributed by atoms with Crippen LogP contribution in [0.3, 0.4) is 0 Å². The van der Waals surface area contributed by atoms with Crippen molar-refractivity contribution >= 4 is 27.5 Å². The first kappa shape index (κ1) is 15.4. The molecule has 0 fully saturated rings. The second-order valence-electron chi connectivity index (χ2n) is 5.00. The van der Waals surface area contributed by atoms with Gasteiger partial charge in [-0.2, -0.15) is 0 Å². The Balaban J connectivity index is 2.21. The molecule has 0 aliphatic heterocycles. The van der Waals surface area contributed by atoms with Crippen LogP contribution in [0.15, 0.2) is 40.9 Å². The van der Waals surface area contributed by atoms with Crippen LogP contribution in [0, 0.1) is 6.92 Å². The predicted octanol–water partition coefficient (Wildman–Crippen LogP) is 3.32. The van der Waals surface area contributed by atoms with Gasteiger partial charge in [-0.05, 0) is 42.3 Å². The Kier molecular flexibility index (Phi) is 4.53. The number of anilines is 1. The molecule has 2 aromatic carbocycles. The lowest BCUT2D eigenvalue weighted by Gasteiger charge is -2.19. The summed E-state index contributed by atoms with van der Waals surface area (Å²) >= 11 is 3.36. The average molecular weight is 349 g/mol. The fourth-order valence-electron chi connectivity index (χ4n) is 2.07. The molecule has 0 unspecified atom stereocenters. The molecule has 1 amide bonds. The number of nitrogen functional groups attached to an aromatic ring is 1. The van der Waals surface area contributed by atoms with Crippen molar-refractivity contribution in [1.29, 1.82) is 0 Å². The Morgan fingerprint density at radius 2 is 1.90 bits per heavy atom. The van der Waals surface area contributed by atoms with Crippen LogP contribution in [0.5, 0.6) is 5.75 Å². The number of halogens is 1. The van der Waals surface area contributed by atoms with Gasteiger partial charge in [-0.3, -0.25) is 4.79 Å². The maximum absolute atomic E-state index is 12.5. The first-order valence-corrected chi connectivity index (χ1v) is 7.27. The highest BCUT2D eigenvalue weighted by atomic mass is 79.9. The fraction of sp³-hybridized carbons (Fsp3) is 0.188. The van der Waals surface area contributed by atoms with E-state index in [-0.39, 0.29) is 11.7 Å². The minimum absolute atomic E-state index is 0.0893. The molecule has 0 aliphatic carbocycles. The van der Waals surface area contributed by atoms with Gasteiger partial charge in [0, 0.05) is 29.3 Å². The van der Waals surface area contributed by atoms with Crippen LogP contribution in [0.25, 0.3) is 0 Å². The molecular weight excluding hydrogens is 332 g/mol. The molecule has 21 heavy (non-hydrogen) atoms. The molecule has 0 bridgehead atoms. The number of carbonyl (C=O) groups is 1. The number of phenolic OH excluding ortho intramolecular Hbond substituents is 1. The maximum Gasteiger partial charge on any atom is 0.254 e. The summed E-state index contributed by atoms with van der Waals surface area (Å²) < 4.78 is 0.784. The van der Waals surface area contributed by atoms with E-state index in [9.17, 15) is 9.90 Å². The summed E-state index contributed by atoms with van der Waals surface area (Å²) in [6.45, 7) is 2.30. The molecule has 0 saturated heterocycles. The van der Waals surface area contributed by atoms with Gasteiger partial charge in [-0.15, -0.1) is 0 Å². The van der Waals surface area contributed by atoms with E-state index in [0.29, 0.717) is 17.8 Å². The standard InChI is InChI=1S/C16H17BrN2O2/c1-10-14(7-12(17)8-15(10)18)16(21)19(2)9-11-3-5-13(20)6-4-11/h3-8,20H,9,18H2,1-2H3. The number of nitrogens with zero attached hydrogens (tertiary/aromatic N) is 1. The number of benzene rings is 2. The third-order valence-corrected chi connectivity index (χ3v) is 3.80. The van der Waals surface area contributed by atoms with E-state index in [1.165, 1.54) is 0 Å². The number of hydrogen-bond donors (Lipinski definition) is 2. The monoisotopic (exact) mass is 348 g/mol. The van der Waals surface area contributed by atoms with Gasteiger partial charge in [-0.25, -0.2) is 0 Å². The van der Waals surface area contributed by atoms with Crippen molar-refractivity contribution in [2.24, 2.45) is 0 Å². The summed E-state index contributed by atoms with van der Waals surface area (Å²) in [5, 5.41) is 9.28. The zero-order valence-corrected chi connectivity index (χ0v) is 13.5. The number of aromatic hydroxyl groups is 1. The molecule has 110 valence electrons. The van der Waals surface area contributed by atoms with Gasteiger partial charge < -0.3 is 15.7 Å². The molecule has 0 spiro atoms. The van der Waals surface area contributed by atoms with Gasteiger partial charge in [0.2, 0.25) is 0 Å². The Morgan fingerprint density at radius 1 is 1.29 bits per heavy atom. The van der Waals surface area contributed by atoms with E-state index >= 15 is 0 Å². The summed E-state index contributed by atoms with van der Waals surface area (Å²) in [6.07, 6.45) is 0. The van der Waals surface area contributed by atoms with E-state index in [4.69, 9.17) is 5.73 Å². The van der Waals surface area contributed by atoms with Crippen molar-refractivity contribution < 1.29 is 9.90 Å². The Labute approximate surface area is 132 Å². The first-order valence-electron chi connectivity index (χ1n) is 6.47. The quantitative estimate of drug-likeness (QED) is 0.836. The van der Waals surface area contributed by atoms with Crippen LogP contribution in [-0.4, -0.2) is 23.0 Å². The van der Waals surface area contributed by atoms with Crippen molar-refractivity contribution in [1.82, 2.24) is 4.90 Å². The summed E-state index contributed by atoms with van der Waals surface area (Å²) in [5.74, 6) is 0.122. The Hall–Kier alpha value is -2.01. The van der Waals surface area contributed by atoms with Crippen molar-refractivity contribution in [3.05, 3.63) is 57.6 Å². The SMILES string of the molecule is Cc1c(N)cc(Br)cc1C(=O)N(C)Cc1ccc(O)cc1. The molecule has 4 nitrogen and oxygen atoms in total. The second kappa shape index (κ2) is 6.18. The van der Waals surface area contributed by atoms with Crippen LogP contribution in [0.1, 0.15) is 21.5 Å². The molecule has 0 atom stereocenters. The lowest BCUT2D eigenvalue weighted by Crippen LogP contribution is -2.27. The Bertz CT molecular complexity index is 669. The van der Waals surface area contributed by atoms with Crippen LogP contribution in [0.4, 0.5) is 5.69 Å². The van der Waals surface area contributed by atoms with Crippen molar-refractivity contribution in [3.8, 4) is 5.75 Å². The third kappa shape index (κ3) is 3.55. The first-order chi connectivity index (χ1) is 9.88. The van der Waals surface area contributed by atoms with E-state index in [0.717, 1.165) is 15.6 Å². The summed E-state index contributed by atoms with van der Waals surface area (Å²) in [6, 6.07) is 10.4. The maximum atomic E-state index is 12.5. The highest BCUT2D eigenvalue weighted by Gasteiger charge is 2.16.